The quantitative estimate of drug-likeness (QED) is 0.784. The topological polar surface area (TPSA) is 95.7 Å². The monoisotopic (exact) mass is 290 g/mol. The highest BCUT2D eigenvalue weighted by atomic mass is 35.5. The fraction of sp³-hybridized carbons (Fsp3) is 0.167. The average Bonchev–Trinajstić information content (AvgIpc) is 3.08. The van der Waals surface area contributed by atoms with Gasteiger partial charge in [-0.1, -0.05) is 34.1 Å². The first-order valence-electron chi connectivity index (χ1n) is 5.97. The molecule has 102 valence electrons. The van der Waals surface area contributed by atoms with Crippen molar-refractivity contribution in [3.8, 4) is 23.0 Å². The zero-order chi connectivity index (χ0) is 13.9. The van der Waals surface area contributed by atoms with Gasteiger partial charge in [0.15, 0.2) is 5.69 Å². The summed E-state index contributed by atoms with van der Waals surface area (Å²) in [6, 6.07) is 7.28. The molecule has 0 radical (unpaired) electrons. The first kappa shape index (κ1) is 12.8. The Labute approximate surface area is 119 Å². The predicted molar refractivity (Wildman–Crippen MR) is 72.8 cm³/mol. The van der Waals surface area contributed by atoms with Gasteiger partial charge in [-0.15, -0.1) is 5.10 Å². The highest BCUT2D eigenvalue weighted by Gasteiger charge is 2.15. The van der Waals surface area contributed by atoms with E-state index in [1.165, 1.54) is 0 Å². The van der Waals surface area contributed by atoms with Gasteiger partial charge in [-0.2, -0.15) is 4.98 Å². The second-order valence-electron chi connectivity index (χ2n) is 4.06. The molecule has 1 aromatic carbocycles. The Balaban J connectivity index is 1.91. The van der Waals surface area contributed by atoms with Gasteiger partial charge in [0.25, 0.3) is 5.89 Å². The van der Waals surface area contributed by atoms with E-state index in [9.17, 15) is 0 Å². The molecule has 8 heteroatoms. The summed E-state index contributed by atoms with van der Waals surface area (Å²) in [4.78, 5) is 4.28. The summed E-state index contributed by atoms with van der Waals surface area (Å²) in [6.45, 7) is 1.07. The zero-order valence-corrected chi connectivity index (χ0v) is 11.2. The Morgan fingerprint density at radius 3 is 2.95 bits per heavy atom. The summed E-state index contributed by atoms with van der Waals surface area (Å²) < 4.78 is 6.80. The van der Waals surface area contributed by atoms with E-state index >= 15 is 0 Å². The maximum absolute atomic E-state index is 6.09. The largest absolute Gasteiger partial charge is 0.332 e. The van der Waals surface area contributed by atoms with Gasteiger partial charge in [0.1, 0.15) is 0 Å². The van der Waals surface area contributed by atoms with Crippen molar-refractivity contribution in [3.63, 3.8) is 0 Å². The second kappa shape index (κ2) is 5.40. The Hall–Kier alpha value is -2.25. The van der Waals surface area contributed by atoms with Crippen LogP contribution in [-0.4, -0.2) is 31.7 Å². The molecule has 0 spiro atoms. The van der Waals surface area contributed by atoms with Crippen LogP contribution in [0.4, 0.5) is 0 Å². The minimum atomic E-state index is 0.295. The molecule has 0 bridgehead atoms. The van der Waals surface area contributed by atoms with Crippen molar-refractivity contribution in [3.05, 3.63) is 35.5 Å². The Kier molecular flexibility index (Phi) is 3.44. The van der Waals surface area contributed by atoms with Crippen LogP contribution in [0.15, 0.2) is 35.0 Å². The number of nitrogens with two attached hydrogens (primary N) is 1. The third-order valence-corrected chi connectivity index (χ3v) is 2.99. The van der Waals surface area contributed by atoms with E-state index in [1.807, 2.05) is 18.2 Å². The summed E-state index contributed by atoms with van der Waals surface area (Å²) in [6.07, 6.45) is 1.71. The lowest BCUT2D eigenvalue weighted by molar-refractivity contribution is 0.431. The van der Waals surface area contributed by atoms with Crippen LogP contribution < -0.4 is 5.73 Å². The number of aromatic nitrogens is 5. The lowest BCUT2D eigenvalue weighted by atomic mass is 10.2. The van der Waals surface area contributed by atoms with Crippen LogP contribution in [-0.2, 0) is 6.54 Å². The molecular weight excluding hydrogens is 280 g/mol. The third-order valence-electron chi connectivity index (χ3n) is 2.66. The summed E-state index contributed by atoms with van der Waals surface area (Å²) in [5.74, 6) is 0.710. The third kappa shape index (κ3) is 2.40. The lowest BCUT2D eigenvalue weighted by Gasteiger charge is -1.95. The molecule has 0 saturated heterocycles. The first-order valence-corrected chi connectivity index (χ1v) is 6.35. The average molecular weight is 291 g/mol. The minimum Gasteiger partial charge on any atom is -0.332 e. The van der Waals surface area contributed by atoms with Crippen LogP contribution in [0, 0.1) is 0 Å². The van der Waals surface area contributed by atoms with Crippen molar-refractivity contribution < 1.29 is 4.52 Å². The fourth-order valence-corrected chi connectivity index (χ4v) is 1.94. The number of rotatable bonds is 4. The van der Waals surface area contributed by atoms with Crippen LogP contribution in [0.2, 0.25) is 5.02 Å². The van der Waals surface area contributed by atoms with E-state index in [0.717, 1.165) is 0 Å². The smallest absolute Gasteiger partial charge is 0.280 e. The Morgan fingerprint density at radius 1 is 1.30 bits per heavy atom. The SMILES string of the molecule is NCCn1cc(-c2nc(-c3ccccc3Cl)no2)nn1. The Morgan fingerprint density at radius 2 is 2.15 bits per heavy atom. The molecule has 0 aliphatic carbocycles. The number of hydrogen-bond donors (Lipinski definition) is 1. The molecule has 0 unspecified atom stereocenters. The van der Waals surface area contributed by atoms with Gasteiger partial charge >= 0.3 is 0 Å². The van der Waals surface area contributed by atoms with Crippen molar-refractivity contribution in [1.29, 1.82) is 0 Å². The minimum absolute atomic E-state index is 0.295. The molecule has 0 aliphatic heterocycles. The molecule has 7 nitrogen and oxygen atoms in total. The summed E-state index contributed by atoms with van der Waals surface area (Å²) in [5.41, 5.74) is 6.66. The molecule has 2 N–H and O–H groups in total. The second-order valence-corrected chi connectivity index (χ2v) is 4.47. The van der Waals surface area contributed by atoms with E-state index in [0.29, 0.717) is 41.1 Å². The predicted octanol–water partition coefficient (Wildman–Crippen LogP) is 1.61. The molecule has 2 aromatic heterocycles. The number of benzene rings is 1. The van der Waals surface area contributed by atoms with Crippen molar-refractivity contribution in [2.24, 2.45) is 5.73 Å². The van der Waals surface area contributed by atoms with Crippen LogP contribution >= 0.6 is 11.6 Å². The van der Waals surface area contributed by atoms with Crippen molar-refractivity contribution in [2.75, 3.05) is 6.54 Å². The van der Waals surface area contributed by atoms with E-state index < -0.39 is 0 Å². The van der Waals surface area contributed by atoms with Gasteiger partial charge < -0.3 is 10.3 Å². The molecule has 0 amide bonds. The van der Waals surface area contributed by atoms with Crippen LogP contribution in [0.3, 0.4) is 0 Å². The lowest BCUT2D eigenvalue weighted by Crippen LogP contribution is -2.10. The van der Waals surface area contributed by atoms with Gasteiger partial charge in [-0.3, -0.25) is 4.68 Å². The van der Waals surface area contributed by atoms with Crippen molar-refractivity contribution in [2.45, 2.75) is 6.54 Å². The van der Waals surface area contributed by atoms with Gasteiger partial charge in [-0.25, -0.2) is 0 Å². The number of halogens is 1. The van der Waals surface area contributed by atoms with Crippen molar-refractivity contribution >= 4 is 11.6 Å². The zero-order valence-electron chi connectivity index (χ0n) is 10.4. The molecule has 3 aromatic rings. The summed E-state index contributed by atoms with van der Waals surface area (Å²) in [7, 11) is 0. The van der Waals surface area contributed by atoms with Crippen LogP contribution in [0.5, 0.6) is 0 Å². The van der Waals surface area contributed by atoms with E-state index in [-0.39, 0.29) is 0 Å². The van der Waals surface area contributed by atoms with Gasteiger partial charge in [0.2, 0.25) is 5.82 Å². The molecule has 0 saturated carbocycles. The van der Waals surface area contributed by atoms with E-state index in [4.69, 9.17) is 21.9 Å². The molecule has 3 rings (SSSR count). The van der Waals surface area contributed by atoms with Crippen LogP contribution in [0.1, 0.15) is 0 Å². The van der Waals surface area contributed by atoms with Crippen molar-refractivity contribution in [1.82, 2.24) is 25.1 Å². The molecule has 2 heterocycles. The molecular formula is C12H11ClN6O. The number of hydrogen-bond acceptors (Lipinski definition) is 6. The first-order chi connectivity index (χ1) is 9.78. The molecule has 0 aliphatic rings. The van der Waals surface area contributed by atoms with Gasteiger partial charge in [0, 0.05) is 12.1 Å². The van der Waals surface area contributed by atoms with E-state index in [2.05, 4.69) is 20.5 Å². The maximum atomic E-state index is 6.09. The highest BCUT2D eigenvalue weighted by molar-refractivity contribution is 6.33. The Bertz CT molecular complexity index is 722. The fourth-order valence-electron chi connectivity index (χ4n) is 1.72. The maximum Gasteiger partial charge on any atom is 0.280 e. The van der Waals surface area contributed by atoms with E-state index in [1.54, 1.807) is 16.9 Å². The molecule has 20 heavy (non-hydrogen) atoms. The summed E-state index contributed by atoms with van der Waals surface area (Å²) in [5, 5.41) is 12.3. The normalized spacial score (nSPS) is 10.9. The molecule has 0 fully saturated rings. The van der Waals surface area contributed by atoms with Gasteiger partial charge in [0.05, 0.1) is 17.8 Å². The highest BCUT2D eigenvalue weighted by Crippen LogP contribution is 2.26. The number of nitrogens with zero attached hydrogens (tertiary/aromatic N) is 5. The van der Waals surface area contributed by atoms with Gasteiger partial charge in [-0.05, 0) is 12.1 Å². The molecule has 0 atom stereocenters. The summed E-state index contributed by atoms with van der Waals surface area (Å²) >= 11 is 6.09. The standard InChI is InChI=1S/C12H11ClN6O/c13-9-4-2-1-3-8(9)11-15-12(20-17-11)10-7-19(6-5-14)18-16-10/h1-4,7H,5-6,14H2. The van der Waals surface area contributed by atoms with Crippen LogP contribution in [0.25, 0.3) is 23.0 Å².